The van der Waals surface area contributed by atoms with E-state index in [9.17, 15) is 29.4 Å². The van der Waals surface area contributed by atoms with Crippen molar-refractivity contribution in [1.82, 2.24) is 16.0 Å². The largest absolute Gasteiger partial charge is 0.480 e. The summed E-state index contributed by atoms with van der Waals surface area (Å²) < 4.78 is 0. The molecule has 1 aromatic rings. The zero-order chi connectivity index (χ0) is 25.0. The summed E-state index contributed by atoms with van der Waals surface area (Å²) in [7, 11) is 0. The fraction of sp³-hybridized carbons (Fsp3) is 0.524. The molecule has 0 aliphatic carbocycles. The van der Waals surface area contributed by atoms with Crippen LogP contribution in [-0.4, -0.2) is 87.9 Å². The molecule has 5 atom stereocenters. The van der Waals surface area contributed by atoms with Gasteiger partial charge in [-0.2, -0.15) is 11.8 Å². The lowest BCUT2D eigenvalue weighted by molar-refractivity contribution is -0.142. The van der Waals surface area contributed by atoms with Gasteiger partial charge in [0, 0.05) is 6.42 Å². The number of carbonyl (C=O) groups is 4. The number of carboxylic acids is 1. The first-order chi connectivity index (χ1) is 15.6. The van der Waals surface area contributed by atoms with Gasteiger partial charge in [0.15, 0.2) is 0 Å². The predicted octanol–water partition coefficient (Wildman–Crippen LogP) is -1.78. The monoisotopic (exact) mass is 484 g/mol. The zero-order valence-electron chi connectivity index (χ0n) is 18.6. The highest BCUT2D eigenvalue weighted by Gasteiger charge is 2.32. The number of aliphatic hydroxyl groups is 2. The first-order valence-corrected chi connectivity index (χ1v) is 11.7. The first-order valence-electron chi connectivity index (χ1n) is 10.3. The lowest BCUT2D eigenvalue weighted by atomic mass is 10.0. The van der Waals surface area contributed by atoms with Gasteiger partial charge in [-0.25, -0.2) is 4.79 Å². The van der Waals surface area contributed by atoms with E-state index in [0.717, 1.165) is 0 Å². The van der Waals surface area contributed by atoms with E-state index in [1.165, 1.54) is 18.7 Å². The number of carboxylic acid groups (broad SMARTS) is 1. The number of carbonyl (C=O) groups excluding carboxylic acids is 3. The number of hydrogen-bond donors (Lipinski definition) is 7. The fourth-order valence-corrected chi connectivity index (χ4v) is 3.31. The highest BCUT2D eigenvalue weighted by atomic mass is 32.2. The molecule has 0 fully saturated rings. The van der Waals surface area contributed by atoms with Crippen LogP contribution < -0.4 is 21.7 Å². The van der Waals surface area contributed by atoms with Gasteiger partial charge < -0.3 is 37.0 Å². The number of hydrogen-bond acceptors (Lipinski definition) is 8. The molecule has 0 saturated carbocycles. The number of rotatable bonds is 14. The van der Waals surface area contributed by atoms with Crippen molar-refractivity contribution < 1.29 is 34.5 Å². The molecule has 1 aromatic carbocycles. The molecule has 0 spiro atoms. The lowest BCUT2D eigenvalue weighted by Gasteiger charge is -2.26. The van der Waals surface area contributed by atoms with E-state index >= 15 is 0 Å². The second-order valence-electron chi connectivity index (χ2n) is 7.45. The van der Waals surface area contributed by atoms with Crippen molar-refractivity contribution in [2.24, 2.45) is 5.73 Å². The van der Waals surface area contributed by atoms with E-state index in [0.29, 0.717) is 11.3 Å². The fourth-order valence-electron chi connectivity index (χ4n) is 2.83. The molecule has 12 heteroatoms. The molecule has 0 aliphatic rings. The number of benzene rings is 1. The van der Waals surface area contributed by atoms with E-state index in [4.69, 9.17) is 10.8 Å². The quantitative estimate of drug-likeness (QED) is 0.160. The van der Waals surface area contributed by atoms with Crippen LogP contribution in [0.1, 0.15) is 18.9 Å². The first kappa shape index (κ1) is 28.4. The second kappa shape index (κ2) is 14.5. The Morgan fingerprint density at radius 1 is 1.00 bits per heavy atom. The third kappa shape index (κ3) is 9.78. The summed E-state index contributed by atoms with van der Waals surface area (Å²) in [4.78, 5) is 49.3. The standard InChI is InChI=1S/C21H32N4O7S/c1-12(27)17(25-18(28)14(22)11-26)20(30)24-16(10-13-6-4-3-5-7-13)19(29)23-15(21(31)32)8-9-33-2/h3-7,12,14-17,26-27H,8-11,22H2,1-2H3,(H,23,29)(H,24,30)(H,25,28)(H,31,32). The van der Waals surface area contributed by atoms with E-state index < -0.39 is 60.6 Å². The van der Waals surface area contributed by atoms with Crippen LogP contribution in [0.15, 0.2) is 30.3 Å². The van der Waals surface area contributed by atoms with Crippen molar-refractivity contribution in [2.75, 3.05) is 18.6 Å². The van der Waals surface area contributed by atoms with Gasteiger partial charge in [-0.1, -0.05) is 30.3 Å². The van der Waals surface area contributed by atoms with Gasteiger partial charge in [-0.3, -0.25) is 14.4 Å². The molecule has 3 amide bonds. The maximum absolute atomic E-state index is 12.9. The van der Waals surface area contributed by atoms with Crippen molar-refractivity contribution in [2.45, 2.75) is 50.0 Å². The van der Waals surface area contributed by atoms with Crippen LogP contribution in [-0.2, 0) is 25.6 Å². The maximum atomic E-state index is 12.9. The minimum absolute atomic E-state index is 0.0455. The van der Waals surface area contributed by atoms with Crippen LogP contribution in [0.4, 0.5) is 0 Å². The van der Waals surface area contributed by atoms with Gasteiger partial charge in [0.2, 0.25) is 17.7 Å². The van der Waals surface area contributed by atoms with E-state index in [1.54, 1.807) is 30.3 Å². The van der Waals surface area contributed by atoms with Crippen LogP contribution >= 0.6 is 11.8 Å². The van der Waals surface area contributed by atoms with Crippen LogP contribution in [0, 0.1) is 0 Å². The van der Waals surface area contributed by atoms with Crippen molar-refractivity contribution in [3.63, 3.8) is 0 Å². The minimum atomic E-state index is -1.45. The Morgan fingerprint density at radius 3 is 2.12 bits per heavy atom. The van der Waals surface area contributed by atoms with Gasteiger partial charge in [0.05, 0.1) is 12.7 Å². The average Bonchev–Trinajstić information content (AvgIpc) is 2.78. The third-order valence-electron chi connectivity index (χ3n) is 4.74. The molecule has 0 aromatic heterocycles. The Labute approximate surface area is 196 Å². The number of amides is 3. The highest BCUT2D eigenvalue weighted by Crippen LogP contribution is 2.07. The highest BCUT2D eigenvalue weighted by molar-refractivity contribution is 7.98. The lowest BCUT2D eigenvalue weighted by Crippen LogP contribution is -2.60. The van der Waals surface area contributed by atoms with Gasteiger partial charge >= 0.3 is 5.97 Å². The summed E-state index contributed by atoms with van der Waals surface area (Å²) in [5, 5.41) is 35.6. The number of nitrogens with one attached hydrogen (secondary N) is 3. The Hall–Kier alpha value is -2.67. The van der Waals surface area contributed by atoms with E-state index in [1.807, 2.05) is 6.26 Å². The molecule has 5 unspecified atom stereocenters. The molecule has 11 nitrogen and oxygen atoms in total. The molecule has 1 rings (SSSR count). The molecule has 0 bridgehead atoms. The molecule has 0 heterocycles. The second-order valence-corrected chi connectivity index (χ2v) is 8.43. The summed E-state index contributed by atoms with van der Waals surface area (Å²) in [5.74, 6) is -3.13. The molecule has 184 valence electrons. The summed E-state index contributed by atoms with van der Waals surface area (Å²) in [6, 6.07) is 3.69. The maximum Gasteiger partial charge on any atom is 0.326 e. The van der Waals surface area contributed by atoms with Gasteiger partial charge in [0.1, 0.15) is 24.2 Å². The number of aliphatic carboxylic acids is 1. The van der Waals surface area contributed by atoms with Gasteiger partial charge in [-0.15, -0.1) is 0 Å². The zero-order valence-corrected chi connectivity index (χ0v) is 19.4. The molecular weight excluding hydrogens is 452 g/mol. The van der Waals surface area contributed by atoms with Crippen LogP contribution in [0.2, 0.25) is 0 Å². The van der Waals surface area contributed by atoms with Gasteiger partial charge in [-0.05, 0) is 30.9 Å². The summed E-state index contributed by atoms with van der Waals surface area (Å²) in [6.07, 6.45) is 0.712. The SMILES string of the molecule is CSCCC(NC(=O)C(Cc1ccccc1)NC(=O)C(NC(=O)C(N)CO)C(C)O)C(=O)O. The normalized spacial score (nSPS) is 15.4. The molecule has 0 aliphatic heterocycles. The third-order valence-corrected chi connectivity index (χ3v) is 5.38. The van der Waals surface area contributed by atoms with Crippen molar-refractivity contribution >= 4 is 35.5 Å². The van der Waals surface area contributed by atoms with E-state index in [-0.39, 0.29) is 12.8 Å². The number of aliphatic hydroxyl groups excluding tert-OH is 2. The Morgan fingerprint density at radius 2 is 1.61 bits per heavy atom. The molecule has 0 radical (unpaired) electrons. The minimum Gasteiger partial charge on any atom is -0.480 e. The van der Waals surface area contributed by atoms with Crippen LogP contribution in [0.5, 0.6) is 0 Å². The summed E-state index contributed by atoms with van der Waals surface area (Å²) in [5.41, 5.74) is 6.15. The number of nitrogens with two attached hydrogens (primary N) is 1. The molecule has 33 heavy (non-hydrogen) atoms. The Bertz CT molecular complexity index is 794. The molecule has 0 saturated heterocycles. The predicted molar refractivity (Wildman–Crippen MR) is 123 cm³/mol. The molecular formula is C21H32N4O7S. The van der Waals surface area contributed by atoms with Gasteiger partial charge in [0.25, 0.3) is 0 Å². The van der Waals surface area contributed by atoms with Crippen molar-refractivity contribution in [3.05, 3.63) is 35.9 Å². The smallest absolute Gasteiger partial charge is 0.326 e. The average molecular weight is 485 g/mol. The van der Waals surface area contributed by atoms with Crippen molar-refractivity contribution in [1.29, 1.82) is 0 Å². The summed E-state index contributed by atoms with van der Waals surface area (Å²) in [6.45, 7) is 0.607. The topological polar surface area (TPSA) is 191 Å². The molecule has 8 N–H and O–H groups in total. The van der Waals surface area contributed by atoms with E-state index in [2.05, 4.69) is 16.0 Å². The van der Waals surface area contributed by atoms with Crippen LogP contribution in [0.3, 0.4) is 0 Å². The number of thioether (sulfide) groups is 1. The summed E-state index contributed by atoms with van der Waals surface area (Å²) >= 11 is 1.43. The van der Waals surface area contributed by atoms with Crippen molar-refractivity contribution in [3.8, 4) is 0 Å². The Kier molecular flexibility index (Phi) is 12.4. The van der Waals surface area contributed by atoms with Crippen LogP contribution in [0.25, 0.3) is 0 Å². The Balaban J connectivity index is 3.06.